The van der Waals surface area contributed by atoms with Gasteiger partial charge in [-0.15, -0.1) is 6.58 Å². The highest BCUT2D eigenvalue weighted by atomic mass is 19.4. The van der Waals surface area contributed by atoms with Crippen LogP contribution >= 0.6 is 0 Å². The van der Waals surface area contributed by atoms with Crippen molar-refractivity contribution in [1.29, 1.82) is 0 Å². The first kappa shape index (κ1) is 31.1. The number of ether oxygens (including phenoxy) is 1. The van der Waals surface area contributed by atoms with E-state index in [1.165, 1.54) is 0 Å². The van der Waals surface area contributed by atoms with Gasteiger partial charge in [0.05, 0.1) is 6.42 Å². The summed E-state index contributed by atoms with van der Waals surface area (Å²) in [7, 11) is 0. The SMILES string of the molecule is C=CCCCN(CCCCC)C(=O)[C@H]([NH3+])CCC(=O)OCc1ccccc1.O=C([O-])C(F)(F)F. The van der Waals surface area contributed by atoms with Crippen LogP contribution in [0.1, 0.15) is 57.4 Å². The topological polar surface area (TPSA) is 114 Å². The Balaban J connectivity index is 0.00000135. The van der Waals surface area contributed by atoms with Crippen molar-refractivity contribution < 1.29 is 43.1 Å². The summed E-state index contributed by atoms with van der Waals surface area (Å²) in [6, 6.07) is 9.16. The van der Waals surface area contributed by atoms with Crippen LogP contribution in [-0.4, -0.2) is 48.1 Å². The van der Waals surface area contributed by atoms with Gasteiger partial charge in [-0.2, -0.15) is 13.2 Å². The van der Waals surface area contributed by atoms with Gasteiger partial charge in [0, 0.05) is 19.5 Å². The zero-order chi connectivity index (χ0) is 26.0. The number of nitrogens with zero attached hydrogens (tertiary/aromatic N) is 1. The third-order valence-electron chi connectivity index (χ3n) is 4.70. The Morgan fingerprint density at radius 2 is 1.74 bits per heavy atom. The number of carbonyl (C=O) groups is 3. The fraction of sp³-hybridized carbons (Fsp3) is 0.542. The van der Waals surface area contributed by atoms with Crippen LogP contribution in [0.4, 0.5) is 13.2 Å². The predicted molar refractivity (Wildman–Crippen MR) is 119 cm³/mol. The van der Waals surface area contributed by atoms with Gasteiger partial charge in [-0.25, -0.2) is 0 Å². The third kappa shape index (κ3) is 15.0. The van der Waals surface area contributed by atoms with Crippen molar-refractivity contribution in [2.24, 2.45) is 0 Å². The fourth-order valence-corrected chi connectivity index (χ4v) is 2.80. The first-order valence-corrected chi connectivity index (χ1v) is 11.2. The number of halogens is 3. The second kappa shape index (κ2) is 17.6. The number of unbranched alkanes of at least 4 members (excludes halogenated alkanes) is 3. The van der Waals surface area contributed by atoms with E-state index in [4.69, 9.17) is 14.6 Å². The lowest BCUT2D eigenvalue weighted by molar-refractivity contribution is -0.407. The van der Waals surface area contributed by atoms with Crippen LogP contribution in [-0.2, 0) is 25.7 Å². The largest absolute Gasteiger partial charge is 0.542 e. The second-order valence-electron chi connectivity index (χ2n) is 7.63. The van der Waals surface area contributed by atoms with Gasteiger partial charge in [0.2, 0.25) is 0 Å². The van der Waals surface area contributed by atoms with E-state index in [0.717, 1.165) is 50.8 Å². The molecule has 0 saturated heterocycles. The van der Waals surface area contributed by atoms with Gasteiger partial charge in [-0.05, 0) is 24.8 Å². The molecule has 7 nitrogen and oxygen atoms in total. The summed E-state index contributed by atoms with van der Waals surface area (Å²) >= 11 is 0. The van der Waals surface area contributed by atoms with Crippen LogP contribution < -0.4 is 10.8 Å². The minimum absolute atomic E-state index is 0.0334. The third-order valence-corrected chi connectivity index (χ3v) is 4.70. The molecule has 192 valence electrons. The Kier molecular flexibility index (Phi) is 16.1. The molecule has 0 aliphatic carbocycles. The maximum atomic E-state index is 12.7. The fourth-order valence-electron chi connectivity index (χ4n) is 2.80. The molecule has 1 atom stereocenters. The molecule has 1 rings (SSSR count). The van der Waals surface area contributed by atoms with E-state index in [2.05, 4.69) is 19.2 Å². The molecule has 1 aromatic carbocycles. The van der Waals surface area contributed by atoms with Gasteiger partial charge >= 0.3 is 12.1 Å². The molecule has 34 heavy (non-hydrogen) atoms. The van der Waals surface area contributed by atoms with Crippen molar-refractivity contribution >= 4 is 17.8 Å². The molecular formula is C24H35F3N2O5. The molecule has 10 heteroatoms. The maximum Gasteiger partial charge on any atom is 0.430 e. The average Bonchev–Trinajstić information content (AvgIpc) is 2.80. The molecule has 0 heterocycles. The standard InChI is InChI=1S/C22H34N2O3.C2HF3O2/c1-3-5-10-16-24(17-11-6-4-2)22(26)20(23)14-15-21(25)27-18-19-12-8-7-9-13-19;3-2(4,5)1(6)7/h3,7-9,12-13,20H,1,4-6,10-11,14-18,23H2,2H3;(H,6,7)/t20-;/m1./s1. The van der Waals surface area contributed by atoms with Crippen molar-refractivity contribution in [3.8, 4) is 0 Å². The normalized spacial score (nSPS) is 11.6. The molecule has 3 N–H and O–H groups in total. The van der Waals surface area contributed by atoms with Crippen molar-refractivity contribution in [2.75, 3.05) is 13.1 Å². The highest BCUT2D eigenvalue weighted by Crippen LogP contribution is 2.11. The quantitative estimate of drug-likeness (QED) is 0.245. The van der Waals surface area contributed by atoms with Crippen LogP contribution in [0.25, 0.3) is 0 Å². The Bertz CT molecular complexity index is 742. The summed E-state index contributed by atoms with van der Waals surface area (Å²) in [6.07, 6.45) is 2.34. The summed E-state index contributed by atoms with van der Waals surface area (Å²) in [5.41, 5.74) is 4.94. The number of amides is 1. The van der Waals surface area contributed by atoms with Crippen molar-refractivity contribution in [2.45, 2.75) is 70.7 Å². The van der Waals surface area contributed by atoms with Crippen LogP contribution in [0.2, 0.25) is 0 Å². The van der Waals surface area contributed by atoms with Crippen LogP contribution in [0.15, 0.2) is 43.0 Å². The molecule has 0 unspecified atom stereocenters. The first-order valence-electron chi connectivity index (χ1n) is 11.2. The molecule has 0 aliphatic heterocycles. The number of rotatable bonds is 14. The molecule has 1 amide bonds. The number of hydrogen-bond donors (Lipinski definition) is 1. The van der Waals surface area contributed by atoms with Gasteiger partial charge in [-0.3, -0.25) is 9.59 Å². The van der Waals surface area contributed by atoms with Crippen molar-refractivity contribution in [3.05, 3.63) is 48.6 Å². The van der Waals surface area contributed by atoms with Crippen LogP contribution in [0.3, 0.4) is 0 Å². The molecule has 1 aromatic rings. The number of carboxylic acid groups (broad SMARTS) is 1. The van der Waals surface area contributed by atoms with Crippen LogP contribution in [0.5, 0.6) is 0 Å². The molecule has 0 aromatic heterocycles. The van der Waals surface area contributed by atoms with E-state index in [9.17, 15) is 22.8 Å². The van der Waals surface area contributed by atoms with E-state index in [0.29, 0.717) is 6.42 Å². The number of aliphatic carboxylic acids is 1. The first-order chi connectivity index (χ1) is 16.0. The number of benzene rings is 1. The lowest BCUT2D eigenvalue weighted by atomic mass is 10.1. The molecule has 0 saturated carbocycles. The summed E-state index contributed by atoms with van der Waals surface area (Å²) in [5.74, 6) is -3.26. The lowest BCUT2D eigenvalue weighted by Gasteiger charge is -2.24. The van der Waals surface area contributed by atoms with Crippen molar-refractivity contribution in [1.82, 2.24) is 4.90 Å². The monoisotopic (exact) mass is 488 g/mol. The highest BCUT2D eigenvalue weighted by molar-refractivity contribution is 5.81. The number of esters is 1. The Morgan fingerprint density at radius 1 is 1.15 bits per heavy atom. The minimum atomic E-state index is -5.19. The van der Waals surface area contributed by atoms with Gasteiger partial charge in [0.1, 0.15) is 12.6 Å². The van der Waals surface area contributed by atoms with E-state index < -0.39 is 18.2 Å². The highest BCUT2D eigenvalue weighted by Gasteiger charge is 2.29. The number of alkyl halides is 3. The predicted octanol–water partition coefficient (Wildman–Crippen LogP) is 2.40. The zero-order valence-corrected chi connectivity index (χ0v) is 19.6. The Labute approximate surface area is 198 Å². The molecule has 0 aliphatic rings. The summed E-state index contributed by atoms with van der Waals surface area (Å²) in [5, 5.41) is 8.78. The van der Waals surface area contributed by atoms with E-state index in [1.54, 1.807) is 0 Å². The number of allylic oxidation sites excluding steroid dienone is 1. The molecule has 0 radical (unpaired) electrons. The number of hydrogen-bond acceptors (Lipinski definition) is 5. The lowest BCUT2D eigenvalue weighted by Crippen LogP contribution is -2.68. The van der Waals surface area contributed by atoms with Gasteiger partial charge < -0.3 is 25.3 Å². The average molecular weight is 489 g/mol. The van der Waals surface area contributed by atoms with Gasteiger partial charge in [0.15, 0.2) is 6.04 Å². The summed E-state index contributed by atoms with van der Waals surface area (Å²) in [6.45, 7) is 7.63. The van der Waals surface area contributed by atoms with E-state index >= 15 is 0 Å². The summed E-state index contributed by atoms with van der Waals surface area (Å²) in [4.78, 5) is 35.3. The Morgan fingerprint density at radius 3 is 2.26 bits per heavy atom. The number of carboxylic acids is 1. The second-order valence-corrected chi connectivity index (χ2v) is 7.63. The molecular weight excluding hydrogens is 453 g/mol. The van der Waals surface area contributed by atoms with Gasteiger partial charge in [-0.1, -0.05) is 56.2 Å². The number of carbonyl (C=O) groups excluding carboxylic acids is 3. The Hall–Kier alpha value is -2.88. The smallest absolute Gasteiger partial charge is 0.430 e. The molecule has 0 fully saturated rings. The van der Waals surface area contributed by atoms with Crippen LogP contribution in [0, 0.1) is 0 Å². The zero-order valence-electron chi connectivity index (χ0n) is 19.6. The molecule has 0 spiro atoms. The number of quaternary nitrogens is 1. The van der Waals surface area contributed by atoms with Gasteiger partial charge in [0.25, 0.3) is 5.91 Å². The maximum absolute atomic E-state index is 12.7. The molecule has 0 bridgehead atoms. The van der Waals surface area contributed by atoms with Crippen molar-refractivity contribution in [3.63, 3.8) is 0 Å². The minimum Gasteiger partial charge on any atom is -0.542 e. The van der Waals surface area contributed by atoms with E-state index in [1.807, 2.05) is 41.3 Å². The summed E-state index contributed by atoms with van der Waals surface area (Å²) < 4.78 is 36.8. The van der Waals surface area contributed by atoms with E-state index in [-0.39, 0.29) is 24.9 Å².